The van der Waals surface area contributed by atoms with E-state index < -0.39 is 0 Å². The topological polar surface area (TPSA) is 18.5 Å². The summed E-state index contributed by atoms with van der Waals surface area (Å²) in [6.07, 6.45) is 1.14. The van der Waals surface area contributed by atoms with Gasteiger partial charge in [-0.3, -0.25) is 0 Å². The van der Waals surface area contributed by atoms with Gasteiger partial charge in [0.15, 0.2) is 0 Å². The highest BCUT2D eigenvalue weighted by atomic mass is 127. The van der Waals surface area contributed by atoms with Gasteiger partial charge < -0.3 is 28.7 Å². The summed E-state index contributed by atoms with van der Waals surface area (Å²) in [4.78, 5) is 6.26. The Balaban J connectivity index is 0.00000176. The van der Waals surface area contributed by atoms with Gasteiger partial charge in [0.2, 0.25) is 0 Å². The van der Waals surface area contributed by atoms with E-state index in [2.05, 4.69) is 50.5 Å². The summed E-state index contributed by atoms with van der Waals surface area (Å²) in [6, 6.07) is 19.1. The Kier molecular flexibility index (Phi) is 5.47. The van der Waals surface area contributed by atoms with Gasteiger partial charge >= 0.3 is 0 Å². The summed E-state index contributed by atoms with van der Waals surface area (Å²) < 4.78 is 5.79. The zero-order valence-corrected chi connectivity index (χ0v) is 15.4. The van der Waals surface area contributed by atoms with Crippen molar-refractivity contribution in [1.82, 2.24) is 0 Å². The standard InChI is InChI=1S/C18H22NO2.HI/c1-19(2)17(14-9-11-16(20-3)12-10-14)13-18(21-19)15-7-5-4-6-8-15;/h4-12,17-18H,13H2,1-3H3;1H/q+1;/p-1. The molecule has 2 aromatic rings. The van der Waals surface area contributed by atoms with Gasteiger partial charge in [-0.25, -0.2) is 0 Å². The van der Waals surface area contributed by atoms with Crippen molar-refractivity contribution in [2.45, 2.75) is 18.6 Å². The molecule has 1 aliphatic rings. The Labute approximate surface area is 149 Å². The molecule has 4 heteroatoms. The lowest BCUT2D eigenvalue weighted by molar-refractivity contribution is -1.09. The average Bonchev–Trinajstić information content (AvgIpc) is 2.84. The number of ether oxygens (including phenoxy) is 1. The lowest BCUT2D eigenvalue weighted by atomic mass is 9.97. The first-order valence-electron chi connectivity index (χ1n) is 7.31. The Morgan fingerprint density at radius 3 is 2.18 bits per heavy atom. The van der Waals surface area contributed by atoms with Crippen molar-refractivity contribution < 1.29 is 38.2 Å². The molecule has 3 rings (SSSR count). The molecule has 1 fully saturated rings. The van der Waals surface area contributed by atoms with Crippen LogP contribution in [0.25, 0.3) is 0 Å². The predicted octanol–water partition coefficient (Wildman–Crippen LogP) is 0.893. The van der Waals surface area contributed by atoms with Crippen LogP contribution >= 0.6 is 0 Å². The van der Waals surface area contributed by atoms with Crippen molar-refractivity contribution in [3.63, 3.8) is 0 Å². The van der Waals surface area contributed by atoms with E-state index in [1.54, 1.807) is 7.11 Å². The molecule has 2 aromatic carbocycles. The van der Waals surface area contributed by atoms with Crippen LogP contribution in [0.3, 0.4) is 0 Å². The first-order chi connectivity index (χ1) is 10.1. The molecular formula is C18H22INO2. The van der Waals surface area contributed by atoms with E-state index in [-0.39, 0.29) is 30.1 Å². The molecule has 1 aliphatic heterocycles. The molecule has 0 radical (unpaired) electrons. The minimum atomic E-state index is 0. The maximum Gasteiger partial charge on any atom is 0.148 e. The van der Waals surface area contributed by atoms with E-state index in [1.807, 2.05) is 18.2 Å². The SMILES string of the molecule is COc1ccc(C2CC(c3ccccc3)O[N+]2(C)C)cc1.[I-]. The largest absolute Gasteiger partial charge is 1.00 e. The van der Waals surface area contributed by atoms with Gasteiger partial charge in [0.05, 0.1) is 21.2 Å². The third kappa shape index (κ3) is 3.45. The van der Waals surface area contributed by atoms with E-state index in [0.29, 0.717) is 10.7 Å². The summed E-state index contributed by atoms with van der Waals surface area (Å²) in [5.41, 5.74) is 2.54. The highest BCUT2D eigenvalue weighted by Gasteiger charge is 2.44. The monoisotopic (exact) mass is 411 g/mol. The van der Waals surface area contributed by atoms with Crippen LogP contribution in [0.15, 0.2) is 54.6 Å². The Hall–Kier alpha value is -1.11. The second-order valence-corrected chi connectivity index (χ2v) is 5.96. The van der Waals surface area contributed by atoms with Gasteiger partial charge in [0.25, 0.3) is 0 Å². The molecule has 0 aliphatic carbocycles. The van der Waals surface area contributed by atoms with Gasteiger partial charge in [-0.05, 0) is 29.8 Å². The van der Waals surface area contributed by atoms with Crippen molar-refractivity contribution in [2.75, 3.05) is 21.2 Å². The first kappa shape index (κ1) is 17.2. The van der Waals surface area contributed by atoms with E-state index >= 15 is 0 Å². The van der Waals surface area contributed by atoms with E-state index in [4.69, 9.17) is 9.57 Å². The molecule has 0 saturated carbocycles. The van der Waals surface area contributed by atoms with Crippen molar-refractivity contribution >= 4 is 0 Å². The predicted molar refractivity (Wildman–Crippen MR) is 82.7 cm³/mol. The smallest absolute Gasteiger partial charge is 0.148 e. The highest BCUT2D eigenvalue weighted by Crippen LogP contribution is 2.45. The molecule has 0 spiro atoms. The molecule has 2 atom stereocenters. The summed E-state index contributed by atoms with van der Waals surface area (Å²) in [6.45, 7) is 0. The number of methoxy groups -OCH3 is 1. The number of quaternary nitrogens is 1. The third-order valence-electron chi connectivity index (χ3n) is 4.26. The fraction of sp³-hybridized carbons (Fsp3) is 0.333. The molecule has 118 valence electrons. The van der Waals surface area contributed by atoms with Gasteiger partial charge in [0, 0.05) is 12.0 Å². The minimum Gasteiger partial charge on any atom is -1.00 e. The van der Waals surface area contributed by atoms with Crippen LogP contribution in [-0.4, -0.2) is 25.9 Å². The Morgan fingerprint density at radius 2 is 1.59 bits per heavy atom. The Morgan fingerprint density at radius 1 is 0.955 bits per heavy atom. The number of nitrogens with zero attached hydrogens (tertiary/aromatic N) is 1. The molecule has 1 saturated heterocycles. The summed E-state index contributed by atoms with van der Waals surface area (Å²) in [5.74, 6) is 0.891. The number of halogens is 1. The molecule has 0 N–H and O–H groups in total. The van der Waals surface area contributed by atoms with Gasteiger partial charge in [0.1, 0.15) is 17.9 Å². The average molecular weight is 411 g/mol. The van der Waals surface area contributed by atoms with Crippen molar-refractivity contribution in [3.05, 3.63) is 65.7 Å². The minimum absolute atomic E-state index is 0. The molecule has 1 heterocycles. The van der Waals surface area contributed by atoms with Crippen LogP contribution in [0.2, 0.25) is 0 Å². The lowest BCUT2D eigenvalue weighted by Crippen LogP contribution is -3.00. The molecule has 3 nitrogen and oxygen atoms in total. The summed E-state index contributed by atoms with van der Waals surface area (Å²) in [7, 11) is 5.94. The Bertz CT molecular complexity index is 598. The van der Waals surface area contributed by atoms with E-state index in [0.717, 1.165) is 12.2 Å². The maximum absolute atomic E-state index is 6.26. The van der Waals surface area contributed by atoms with Gasteiger partial charge in [-0.1, -0.05) is 30.3 Å². The quantitative estimate of drug-likeness (QED) is 0.552. The van der Waals surface area contributed by atoms with Crippen LogP contribution in [0.4, 0.5) is 0 Å². The zero-order chi connectivity index (χ0) is 14.9. The number of rotatable bonds is 3. The third-order valence-corrected chi connectivity index (χ3v) is 4.26. The van der Waals surface area contributed by atoms with Gasteiger partial charge in [-0.2, -0.15) is 9.48 Å². The molecule has 2 unspecified atom stereocenters. The summed E-state index contributed by atoms with van der Waals surface area (Å²) in [5, 5.41) is 0. The van der Waals surface area contributed by atoms with Crippen molar-refractivity contribution in [2.24, 2.45) is 0 Å². The normalized spacial score (nSPS) is 22.9. The lowest BCUT2D eigenvalue weighted by Gasteiger charge is -2.28. The van der Waals surface area contributed by atoms with Crippen molar-refractivity contribution in [3.8, 4) is 5.75 Å². The van der Waals surface area contributed by atoms with Crippen LogP contribution in [0, 0.1) is 0 Å². The van der Waals surface area contributed by atoms with Crippen molar-refractivity contribution in [1.29, 1.82) is 0 Å². The zero-order valence-electron chi connectivity index (χ0n) is 13.2. The second-order valence-electron chi connectivity index (χ2n) is 5.96. The number of hydroxylamine groups is 3. The van der Waals surface area contributed by atoms with Crippen LogP contribution < -0.4 is 28.7 Å². The molecule has 0 aromatic heterocycles. The molecule has 0 bridgehead atoms. The molecule has 0 amide bonds. The molecule has 22 heavy (non-hydrogen) atoms. The number of hydrogen-bond acceptors (Lipinski definition) is 2. The molecular weight excluding hydrogens is 389 g/mol. The number of benzene rings is 2. The van der Waals surface area contributed by atoms with Gasteiger partial charge in [-0.15, -0.1) is 0 Å². The van der Waals surface area contributed by atoms with E-state index in [9.17, 15) is 0 Å². The fourth-order valence-electron chi connectivity index (χ4n) is 3.09. The number of hydrogen-bond donors (Lipinski definition) is 0. The first-order valence-corrected chi connectivity index (χ1v) is 7.31. The van der Waals surface area contributed by atoms with Crippen LogP contribution in [0.1, 0.15) is 29.7 Å². The van der Waals surface area contributed by atoms with Crippen LogP contribution in [0.5, 0.6) is 5.75 Å². The summed E-state index contributed by atoms with van der Waals surface area (Å²) >= 11 is 0. The van der Waals surface area contributed by atoms with Crippen LogP contribution in [-0.2, 0) is 4.84 Å². The highest BCUT2D eigenvalue weighted by molar-refractivity contribution is 5.29. The fourth-order valence-corrected chi connectivity index (χ4v) is 3.09. The van der Waals surface area contributed by atoms with E-state index in [1.165, 1.54) is 11.1 Å². The second kappa shape index (κ2) is 6.98. The maximum atomic E-state index is 6.26.